The lowest BCUT2D eigenvalue weighted by Gasteiger charge is -2.24. The SMILES string of the molecule is Cc1cc(C(=O)O[C@@H](C)C(=O)NC2CCCCC2)c(C)n1C1CC1. The van der Waals surface area contributed by atoms with E-state index in [0.717, 1.165) is 37.1 Å². The Morgan fingerprint density at radius 1 is 1.17 bits per heavy atom. The Kier molecular flexibility index (Phi) is 4.97. The van der Waals surface area contributed by atoms with Crippen molar-refractivity contribution in [3.63, 3.8) is 0 Å². The number of hydrogen-bond donors (Lipinski definition) is 1. The van der Waals surface area contributed by atoms with Crippen LogP contribution in [0.5, 0.6) is 0 Å². The molecule has 2 aliphatic carbocycles. The van der Waals surface area contributed by atoms with Gasteiger partial charge >= 0.3 is 5.97 Å². The molecule has 0 saturated heterocycles. The zero-order valence-electron chi connectivity index (χ0n) is 14.9. The number of nitrogens with one attached hydrogen (secondary N) is 1. The van der Waals surface area contributed by atoms with Gasteiger partial charge in [-0.3, -0.25) is 4.79 Å². The molecule has 1 heterocycles. The number of hydrogen-bond acceptors (Lipinski definition) is 3. The maximum Gasteiger partial charge on any atom is 0.340 e. The molecule has 2 aliphatic rings. The summed E-state index contributed by atoms with van der Waals surface area (Å²) in [6.45, 7) is 5.62. The molecule has 5 nitrogen and oxygen atoms in total. The Labute approximate surface area is 143 Å². The number of aromatic nitrogens is 1. The highest BCUT2D eigenvalue weighted by Crippen LogP contribution is 2.38. The minimum Gasteiger partial charge on any atom is -0.449 e. The van der Waals surface area contributed by atoms with Crippen LogP contribution in [-0.4, -0.2) is 28.6 Å². The van der Waals surface area contributed by atoms with Gasteiger partial charge in [0.15, 0.2) is 6.10 Å². The zero-order valence-corrected chi connectivity index (χ0v) is 14.9. The van der Waals surface area contributed by atoms with Crippen molar-refractivity contribution < 1.29 is 14.3 Å². The Morgan fingerprint density at radius 2 is 1.83 bits per heavy atom. The lowest BCUT2D eigenvalue weighted by molar-refractivity contribution is -0.130. The number of aryl methyl sites for hydroxylation is 1. The summed E-state index contributed by atoms with van der Waals surface area (Å²) >= 11 is 0. The predicted molar refractivity (Wildman–Crippen MR) is 92.1 cm³/mol. The summed E-state index contributed by atoms with van der Waals surface area (Å²) in [4.78, 5) is 24.7. The average molecular weight is 332 g/mol. The molecule has 0 unspecified atom stereocenters. The maximum absolute atomic E-state index is 12.5. The van der Waals surface area contributed by atoms with Crippen LogP contribution in [0.15, 0.2) is 6.07 Å². The van der Waals surface area contributed by atoms with E-state index >= 15 is 0 Å². The highest BCUT2D eigenvalue weighted by Gasteiger charge is 2.30. The fraction of sp³-hybridized carbons (Fsp3) is 0.684. The van der Waals surface area contributed by atoms with Crippen LogP contribution >= 0.6 is 0 Å². The number of amides is 1. The zero-order chi connectivity index (χ0) is 17.3. The molecule has 5 heteroatoms. The van der Waals surface area contributed by atoms with E-state index in [1.807, 2.05) is 19.9 Å². The summed E-state index contributed by atoms with van der Waals surface area (Å²) < 4.78 is 7.64. The monoisotopic (exact) mass is 332 g/mol. The molecule has 1 aromatic heterocycles. The van der Waals surface area contributed by atoms with Crippen molar-refractivity contribution in [1.29, 1.82) is 0 Å². The standard InChI is InChI=1S/C19H28N2O3/c1-12-11-17(13(2)21(12)16-9-10-16)19(23)24-14(3)18(22)20-15-7-5-4-6-8-15/h11,14-16H,4-10H2,1-3H3,(H,20,22)/t14-/m0/s1. The number of rotatable bonds is 5. The molecule has 1 atom stereocenters. The minimum atomic E-state index is -0.761. The summed E-state index contributed by atoms with van der Waals surface area (Å²) in [7, 11) is 0. The van der Waals surface area contributed by atoms with E-state index < -0.39 is 12.1 Å². The van der Waals surface area contributed by atoms with Crippen LogP contribution in [0.2, 0.25) is 0 Å². The molecular formula is C19H28N2O3. The third kappa shape index (κ3) is 3.65. The smallest absolute Gasteiger partial charge is 0.340 e. The van der Waals surface area contributed by atoms with Crippen LogP contribution in [0.1, 0.15) is 79.7 Å². The molecule has 0 aliphatic heterocycles. The Balaban J connectivity index is 1.59. The van der Waals surface area contributed by atoms with Crippen molar-refractivity contribution >= 4 is 11.9 Å². The molecule has 24 heavy (non-hydrogen) atoms. The Morgan fingerprint density at radius 3 is 2.46 bits per heavy atom. The van der Waals surface area contributed by atoms with Gasteiger partial charge in [-0.2, -0.15) is 0 Å². The van der Waals surface area contributed by atoms with Crippen molar-refractivity contribution in [2.24, 2.45) is 0 Å². The number of esters is 1. The van der Waals surface area contributed by atoms with E-state index in [2.05, 4.69) is 9.88 Å². The van der Waals surface area contributed by atoms with E-state index in [1.54, 1.807) is 6.92 Å². The topological polar surface area (TPSA) is 60.3 Å². The van der Waals surface area contributed by atoms with Crippen LogP contribution in [0.25, 0.3) is 0 Å². The van der Waals surface area contributed by atoms with Crippen LogP contribution in [-0.2, 0) is 9.53 Å². The van der Waals surface area contributed by atoms with Gasteiger partial charge in [-0.25, -0.2) is 4.79 Å². The van der Waals surface area contributed by atoms with Gasteiger partial charge in [0.05, 0.1) is 5.56 Å². The lowest BCUT2D eigenvalue weighted by Crippen LogP contribution is -2.42. The van der Waals surface area contributed by atoms with Crippen LogP contribution in [0, 0.1) is 13.8 Å². The molecule has 3 rings (SSSR count). The van der Waals surface area contributed by atoms with E-state index in [-0.39, 0.29) is 11.9 Å². The molecule has 0 spiro atoms. The second-order valence-corrected chi connectivity index (χ2v) is 7.28. The first-order valence-corrected chi connectivity index (χ1v) is 9.17. The maximum atomic E-state index is 12.5. The predicted octanol–water partition coefficient (Wildman–Crippen LogP) is 3.43. The van der Waals surface area contributed by atoms with Gasteiger partial charge in [0, 0.05) is 23.5 Å². The van der Waals surface area contributed by atoms with Crippen molar-refractivity contribution in [2.75, 3.05) is 0 Å². The van der Waals surface area contributed by atoms with Gasteiger partial charge in [-0.15, -0.1) is 0 Å². The van der Waals surface area contributed by atoms with Crippen LogP contribution < -0.4 is 5.32 Å². The second kappa shape index (κ2) is 6.99. The number of carbonyl (C=O) groups is 2. The molecular weight excluding hydrogens is 304 g/mol. The fourth-order valence-electron chi connectivity index (χ4n) is 3.72. The molecule has 2 fully saturated rings. The lowest BCUT2D eigenvalue weighted by atomic mass is 9.95. The molecule has 132 valence electrons. The van der Waals surface area contributed by atoms with Crippen molar-refractivity contribution in [2.45, 2.75) is 83.9 Å². The van der Waals surface area contributed by atoms with Gasteiger partial charge in [0.2, 0.25) is 0 Å². The van der Waals surface area contributed by atoms with Crippen molar-refractivity contribution in [3.8, 4) is 0 Å². The third-order valence-corrected chi connectivity index (χ3v) is 5.22. The summed E-state index contributed by atoms with van der Waals surface area (Å²) in [5, 5.41) is 3.01. The van der Waals surface area contributed by atoms with Crippen LogP contribution in [0.3, 0.4) is 0 Å². The molecule has 1 N–H and O–H groups in total. The molecule has 1 amide bonds. The number of carbonyl (C=O) groups excluding carboxylic acids is 2. The third-order valence-electron chi connectivity index (χ3n) is 5.22. The summed E-state index contributed by atoms with van der Waals surface area (Å²) in [6.07, 6.45) is 7.19. The average Bonchev–Trinajstić information content (AvgIpc) is 3.33. The Hall–Kier alpha value is -1.78. The first-order valence-electron chi connectivity index (χ1n) is 9.17. The highest BCUT2D eigenvalue weighted by molar-refractivity contribution is 5.93. The minimum absolute atomic E-state index is 0.189. The molecule has 0 radical (unpaired) electrons. The van der Waals surface area contributed by atoms with Gasteiger partial charge in [-0.05, 0) is 52.5 Å². The van der Waals surface area contributed by atoms with Gasteiger partial charge in [-0.1, -0.05) is 19.3 Å². The van der Waals surface area contributed by atoms with Crippen molar-refractivity contribution in [1.82, 2.24) is 9.88 Å². The number of ether oxygens (including phenoxy) is 1. The Bertz CT molecular complexity index is 625. The molecule has 0 aromatic carbocycles. The normalized spacial score (nSPS) is 19.8. The first-order chi connectivity index (χ1) is 11.5. The highest BCUT2D eigenvalue weighted by atomic mass is 16.5. The van der Waals surface area contributed by atoms with Gasteiger partial charge in [0.1, 0.15) is 0 Å². The summed E-state index contributed by atoms with van der Waals surface area (Å²) in [5.41, 5.74) is 2.61. The second-order valence-electron chi connectivity index (χ2n) is 7.28. The molecule has 1 aromatic rings. The fourth-order valence-corrected chi connectivity index (χ4v) is 3.72. The van der Waals surface area contributed by atoms with Crippen molar-refractivity contribution in [3.05, 3.63) is 23.0 Å². The summed E-state index contributed by atoms with van der Waals surface area (Å²) in [5.74, 6) is -0.590. The quantitative estimate of drug-likeness (QED) is 0.840. The van der Waals surface area contributed by atoms with E-state index in [9.17, 15) is 9.59 Å². The van der Waals surface area contributed by atoms with E-state index in [0.29, 0.717) is 11.6 Å². The molecule has 0 bridgehead atoms. The van der Waals surface area contributed by atoms with Crippen LogP contribution in [0.4, 0.5) is 0 Å². The first kappa shape index (κ1) is 17.1. The molecule has 2 saturated carbocycles. The largest absolute Gasteiger partial charge is 0.449 e. The summed E-state index contributed by atoms with van der Waals surface area (Å²) in [6, 6.07) is 2.63. The number of nitrogens with zero attached hydrogens (tertiary/aromatic N) is 1. The van der Waals surface area contributed by atoms with Gasteiger partial charge in [0.25, 0.3) is 5.91 Å². The van der Waals surface area contributed by atoms with E-state index in [4.69, 9.17) is 4.74 Å². The van der Waals surface area contributed by atoms with E-state index in [1.165, 1.54) is 19.3 Å². The van der Waals surface area contributed by atoms with Gasteiger partial charge < -0.3 is 14.6 Å².